The first-order valence-corrected chi connectivity index (χ1v) is 9.50. The third-order valence-electron chi connectivity index (χ3n) is 4.99. The second-order valence-corrected chi connectivity index (χ2v) is 7.14. The highest BCUT2D eigenvalue weighted by Crippen LogP contribution is 2.27. The van der Waals surface area contributed by atoms with Crippen molar-refractivity contribution in [3.8, 4) is 5.75 Å². The zero-order valence-corrected chi connectivity index (χ0v) is 16.1. The molecular formula is C21H17F3N2O5. The number of fused-ring (bicyclic) bond motifs is 1. The van der Waals surface area contributed by atoms with Gasteiger partial charge in [-0.3, -0.25) is 19.3 Å². The first-order chi connectivity index (χ1) is 14.7. The van der Waals surface area contributed by atoms with E-state index in [0.29, 0.717) is 6.61 Å². The van der Waals surface area contributed by atoms with E-state index >= 15 is 0 Å². The molecule has 1 unspecified atom stereocenters. The molecule has 1 fully saturated rings. The Balaban J connectivity index is 1.46. The zero-order valence-electron chi connectivity index (χ0n) is 16.1. The first kappa shape index (κ1) is 20.9. The molecule has 4 rings (SSSR count). The topological polar surface area (TPSA) is 84.9 Å². The lowest BCUT2D eigenvalue weighted by Gasteiger charge is -2.17. The van der Waals surface area contributed by atoms with Crippen molar-refractivity contribution >= 4 is 23.4 Å². The van der Waals surface area contributed by atoms with E-state index in [-0.39, 0.29) is 35.0 Å². The average molecular weight is 434 g/mol. The molecule has 31 heavy (non-hydrogen) atoms. The average Bonchev–Trinajstić information content (AvgIpc) is 3.31. The standard InChI is InChI=1S/C21H17F3N2O5/c22-21(23,24)31-14-6-4-13(5-7-14)25-18(27)12-3-8-16-17(10-12)20(29)26(19(16)28)11-15-2-1-9-30-15/h3-8,10,15H,1-2,9,11H2,(H,25,27). The molecule has 2 heterocycles. The van der Waals surface area contributed by atoms with Crippen LogP contribution >= 0.6 is 0 Å². The smallest absolute Gasteiger partial charge is 0.406 e. The van der Waals surface area contributed by atoms with E-state index in [0.717, 1.165) is 29.9 Å². The number of hydrogen-bond donors (Lipinski definition) is 1. The number of carbonyl (C=O) groups excluding carboxylic acids is 3. The molecule has 0 aliphatic carbocycles. The molecule has 1 saturated heterocycles. The Morgan fingerprint density at radius 1 is 1.10 bits per heavy atom. The Labute approximate surface area is 174 Å². The molecule has 3 amide bonds. The van der Waals surface area contributed by atoms with Crippen molar-refractivity contribution in [1.82, 2.24) is 4.90 Å². The van der Waals surface area contributed by atoms with Crippen LogP contribution < -0.4 is 10.1 Å². The molecule has 2 aromatic rings. The number of carbonyl (C=O) groups is 3. The molecular weight excluding hydrogens is 417 g/mol. The fourth-order valence-electron chi connectivity index (χ4n) is 3.53. The number of rotatable bonds is 5. The van der Waals surface area contributed by atoms with Crippen LogP contribution in [0.15, 0.2) is 42.5 Å². The molecule has 2 aliphatic rings. The Hall–Kier alpha value is -3.40. The van der Waals surface area contributed by atoms with Gasteiger partial charge in [-0.1, -0.05) is 0 Å². The summed E-state index contributed by atoms with van der Waals surface area (Å²) in [7, 11) is 0. The third-order valence-corrected chi connectivity index (χ3v) is 4.99. The second kappa shape index (κ2) is 8.03. The highest BCUT2D eigenvalue weighted by atomic mass is 19.4. The normalized spacial score (nSPS) is 18.3. The first-order valence-electron chi connectivity index (χ1n) is 9.50. The van der Waals surface area contributed by atoms with E-state index in [1.807, 2.05) is 0 Å². The van der Waals surface area contributed by atoms with Gasteiger partial charge in [-0.2, -0.15) is 0 Å². The maximum Gasteiger partial charge on any atom is 0.573 e. The molecule has 2 aliphatic heterocycles. The minimum Gasteiger partial charge on any atom is -0.406 e. The van der Waals surface area contributed by atoms with Crippen molar-refractivity contribution in [2.75, 3.05) is 18.5 Å². The molecule has 2 aromatic carbocycles. The highest BCUT2D eigenvalue weighted by molar-refractivity contribution is 6.22. The largest absolute Gasteiger partial charge is 0.573 e. The van der Waals surface area contributed by atoms with E-state index in [1.54, 1.807) is 0 Å². The zero-order chi connectivity index (χ0) is 22.2. The van der Waals surface area contributed by atoms with Gasteiger partial charge in [-0.25, -0.2) is 0 Å². The van der Waals surface area contributed by atoms with Gasteiger partial charge in [0.1, 0.15) is 5.75 Å². The van der Waals surface area contributed by atoms with Crippen LogP contribution in [-0.2, 0) is 4.74 Å². The minimum atomic E-state index is -4.81. The summed E-state index contributed by atoms with van der Waals surface area (Å²) in [5.74, 6) is -1.91. The third kappa shape index (κ3) is 4.53. The van der Waals surface area contributed by atoms with E-state index in [9.17, 15) is 27.6 Å². The molecule has 0 aromatic heterocycles. The van der Waals surface area contributed by atoms with Gasteiger partial charge in [-0.05, 0) is 55.3 Å². The summed E-state index contributed by atoms with van der Waals surface area (Å²) in [6.07, 6.45) is -3.35. The summed E-state index contributed by atoms with van der Waals surface area (Å²) in [5, 5.41) is 2.53. The van der Waals surface area contributed by atoms with Crippen LogP contribution in [0, 0.1) is 0 Å². The van der Waals surface area contributed by atoms with E-state index in [4.69, 9.17) is 4.74 Å². The van der Waals surface area contributed by atoms with Gasteiger partial charge >= 0.3 is 6.36 Å². The lowest BCUT2D eigenvalue weighted by molar-refractivity contribution is -0.274. The molecule has 1 N–H and O–H groups in total. The number of nitrogens with zero attached hydrogens (tertiary/aromatic N) is 1. The van der Waals surface area contributed by atoms with Gasteiger partial charge in [0.05, 0.1) is 23.8 Å². The Morgan fingerprint density at radius 2 is 1.81 bits per heavy atom. The Morgan fingerprint density at radius 3 is 2.45 bits per heavy atom. The number of anilines is 1. The van der Waals surface area contributed by atoms with Crippen molar-refractivity contribution in [3.63, 3.8) is 0 Å². The Kier molecular flexibility index (Phi) is 5.40. The number of halogens is 3. The number of benzene rings is 2. The van der Waals surface area contributed by atoms with Crippen molar-refractivity contribution in [1.29, 1.82) is 0 Å². The van der Waals surface area contributed by atoms with Gasteiger partial charge in [-0.15, -0.1) is 13.2 Å². The highest BCUT2D eigenvalue weighted by Gasteiger charge is 2.38. The molecule has 1 atom stereocenters. The lowest BCUT2D eigenvalue weighted by Crippen LogP contribution is -2.36. The van der Waals surface area contributed by atoms with Crippen LogP contribution in [0.5, 0.6) is 5.75 Å². The van der Waals surface area contributed by atoms with E-state index in [1.165, 1.54) is 30.3 Å². The van der Waals surface area contributed by atoms with Gasteiger partial charge < -0.3 is 14.8 Å². The minimum absolute atomic E-state index is 0.129. The van der Waals surface area contributed by atoms with Crippen LogP contribution in [-0.4, -0.2) is 48.2 Å². The molecule has 7 nitrogen and oxygen atoms in total. The SMILES string of the molecule is O=C(Nc1ccc(OC(F)(F)F)cc1)c1ccc2c(c1)C(=O)N(CC1CCCO1)C2=O. The number of imide groups is 1. The van der Waals surface area contributed by atoms with Crippen LogP contribution in [0.1, 0.15) is 43.9 Å². The molecule has 0 spiro atoms. The lowest BCUT2D eigenvalue weighted by atomic mass is 10.1. The summed E-state index contributed by atoms with van der Waals surface area (Å²) in [6.45, 7) is 0.766. The van der Waals surface area contributed by atoms with Crippen molar-refractivity contribution in [2.45, 2.75) is 25.3 Å². The number of nitrogens with one attached hydrogen (secondary N) is 1. The predicted molar refractivity (Wildman–Crippen MR) is 102 cm³/mol. The number of ether oxygens (including phenoxy) is 2. The van der Waals surface area contributed by atoms with E-state index in [2.05, 4.69) is 10.1 Å². The number of alkyl halides is 3. The summed E-state index contributed by atoms with van der Waals surface area (Å²) in [4.78, 5) is 38.9. The maximum absolute atomic E-state index is 12.7. The van der Waals surface area contributed by atoms with Gasteiger partial charge in [0.25, 0.3) is 17.7 Å². The summed E-state index contributed by atoms with van der Waals surface area (Å²) < 4.78 is 46.0. The van der Waals surface area contributed by atoms with Crippen molar-refractivity contribution in [2.24, 2.45) is 0 Å². The predicted octanol–water partition coefficient (Wildman–Crippen LogP) is 3.61. The number of hydrogen-bond acceptors (Lipinski definition) is 5. The van der Waals surface area contributed by atoms with Gasteiger partial charge in [0.2, 0.25) is 0 Å². The molecule has 0 saturated carbocycles. The summed E-state index contributed by atoms with van der Waals surface area (Å²) in [6, 6.07) is 8.81. The van der Waals surface area contributed by atoms with Crippen molar-refractivity contribution in [3.05, 3.63) is 59.2 Å². The van der Waals surface area contributed by atoms with Crippen LogP contribution in [0.25, 0.3) is 0 Å². The molecule has 10 heteroatoms. The molecule has 0 radical (unpaired) electrons. The van der Waals surface area contributed by atoms with Crippen LogP contribution in [0.2, 0.25) is 0 Å². The Bertz CT molecular complexity index is 1030. The van der Waals surface area contributed by atoms with Gasteiger partial charge in [0.15, 0.2) is 0 Å². The monoisotopic (exact) mass is 434 g/mol. The molecule has 162 valence electrons. The quantitative estimate of drug-likeness (QED) is 0.727. The fourth-order valence-corrected chi connectivity index (χ4v) is 3.53. The fraction of sp³-hybridized carbons (Fsp3) is 0.286. The maximum atomic E-state index is 12.7. The van der Waals surface area contributed by atoms with Crippen LogP contribution in [0.4, 0.5) is 18.9 Å². The summed E-state index contributed by atoms with van der Waals surface area (Å²) >= 11 is 0. The van der Waals surface area contributed by atoms with E-state index < -0.39 is 29.8 Å². The summed E-state index contributed by atoms with van der Waals surface area (Å²) in [5.41, 5.74) is 0.717. The van der Waals surface area contributed by atoms with Crippen molar-refractivity contribution < 1.29 is 37.0 Å². The second-order valence-electron chi connectivity index (χ2n) is 7.14. The van der Waals surface area contributed by atoms with Crippen LogP contribution in [0.3, 0.4) is 0 Å². The van der Waals surface area contributed by atoms with Gasteiger partial charge in [0, 0.05) is 17.9 Å². The molecule has 0 bridgehead atoms. The number of amides is 3.